The molecule has 0 spiro atoms. The minimum Gasteiger partial charge on any atom is -0.493 e. The topological polar surface area (TPSA) is 82.8 Å². The quantitative estimate of drug-likeness (QED) is 0.590. The fraction of sp³-hybridized carbons (Fsp3) is 0.450. The summed E-state index contributed by atoms with van der Waals surface area (Å²) in [6.45, 7) is 2.01. The molecule has 1 aliphatic heterocycles. The lowest BCUT2D eigenvalue weighted by molar-refractivity contribution is 0.144. The van der Waals surface area contributed by atoms with Crippen molar-refractivity contribution in [3.8, 4) is 5.75 Å². The Hall–Kier alpha value is -2.78. The van der Waals surface area contributed by atoms with Gasteiger partial charge in [0.15, 0.2) is 5.65 Å². The molecule has 4 rings (SSSR count). The van der Waals surface area contributed by atoms with Crippen molar-refractivity contribution >= 4 is 11.6 Å². The van der Waals surface area contributed by atoms with E-state index < -0.39 is 0 Å². The molecule has 29 heavy (non-hydrogen) atoms. The molecule has 8 nitrogen and oxygen atoms in total. The van der Waals surface area contributed by atoms with Crippen molar-refractivity contribution < 1.29 is 18.6 Å². The van der Waals surface area contributed by atoms with Crippen molar-refractivity contribution in [2.75, 3.05) is 39.4 Å². The first-order valence-electron chi connectivity index (χ1n) is 9.56. The average Bonchev–Trinajstić information content (AvgIpc) is 3.40. The van der Waals surface area contributed by atoms with Crippen LogP contribution in [0.2, 0.25) is 0 Å². The Morgan fingerprint density at radius 1 is 1.31 bits per heavy atom. The lowest BCUT2D eigenvalue weighted by atomic mass is 9.99. The SMILES string of the molecule is COCCC(COC)c1cnc(NCc2c(F)ccc3c2CCO3)n2cnnc12. The Kier molecular flexibility index (Phi) is 5.86. The van der Waals surface area contributed by atoms with E-state index in [9.17, 15) is 4.39 Å². The summed E-state index contributed by atoms with van der Waals surface area (Å²) in [7, 11) is 3.34. The molecule has 3 aromatic rings. The zero-order valence-electron chi connectivity index (χ0n) is 16.5. The Labute approximate surface area is 168 Å². The van der Waals surface area contributed by atoms with Gasteiger partial charge in [0, 0.05) is 62.6 Å². The number of fused-ring (bicyclic) bond motifs is 2. The maximum Gasteiger partial charge on any atom is 0.210 e. The Balaban J connectivity index is 1.60. The summed E-state index contributed by atoms with van der Waals surface area (Å²) in [5.41, 5.74) is 3.15. The van der Waals surface area contributed by atoms with Crippen molar-refractivity contribution in [3.63, 3.8) is 0 Å². The number of aromatic nitrogens is 4. The molecule has 1 aromatic carbocycles. The molecule has 0 fully saturated rings. The lowest BCUT2D eigenvalue weighted by Gasteiger charge is -2.17. The van der Waals surface area contributed by atoms with Crippen LogP contribution in [0.3, 0.4) is 0 Å². The standard InChI is InChI=1S/C20H24FN5O3/c1-27-7-5-13(11-28-2)15-9-22-20(26-12-24-25-19(15)26)23-10-16-14-6-8-29-18(14)4-3-17(16)21/h3-4,9,12-13H,5-8,10-11H2,1-2H3,(H,22,23). The first kappa shape index (κ1) is 19.5. The van der Waals surface area contributed by atoms with Crippen LogP contribution in [0.4, 0.5) is 10.3 Å². The first-order chi connectivity index (χ1) is 14.2. The van der Waals surface area contributed by atoms with Gasteiger partial charge in [-0.25, -0.2) is 9.37 Å². The van der Waals surface area contributed by atoms with Crippen LogP contribution in [0.5, 0.6) is 5.75 Å². The highest BCUT2D eigenvalue weighted by molar-refractivity contribution is 5.53. The third kappa shape index (κ3) is 3.88. The second-order valence-electron chi connectivity index (χ2n) is 6.95. The number of nitrogens with zero attached hydrogens (tertiary/aromatic N) is 4. The summed E-state index contributed by atoms with van der Waals surface area (Å²) >= 11 is 0. The highest BCUT2D eigenvalue weighted by Crippen LogP contribution is 2.31. The van der Waals surface area contributed by atoms with Gasteiger partial charge in [-0.05, 0) is 18.6 Å². The van der Waals surface area contributed by atoms with Gasteiger partial charge in [0.05, 0.1) is 13.2 Å². The molecule has 0 radical (unpaired) electrons. The molecule has 0 aliphatic carbocycles. The van der Waals surface area contributed by atoms with Crippen LogP contribution in [0.25, 0.3) is 5.65 Å². The Morgan fingerprint density at radius 2 is 2.21 bits per heavy atom. The molecule has 0 bridgehead atoms. The predicted octanol–water partition coefficient (Wildman–Crippen LogP) is 2.58. The normalized spacial score (nSPS) is 14.0. The van der Waals surface area contributed by atoms with Crippen LogP contribution in [0, 0.1) is 5.82 Å². The van der Waals surface area contributed by atoms with E-state index in [1.807, 2.05) is 0 Å². The summed E-state index contributed by atoms with van der Waals surface area (Å²) in [6.07, 6.45) is 4.86. The fourth-order valence-corrected chi connectivity index (χ4v) is 3.72. The minimum atomic E-state index is -0.252. The fourth-order valence-electron chi connectivity index (χ4n) is 3.72. The maximum atomic E-state index is 14.4. The van der Waals surface area contributed by atoms with E-state index >= 15 is 0 Å². The number of nitrogens with one attached hydrogen (secondary N) is 1. The molecule has 0 saturated heterocycles. The number of halogens is 1. The molecule has 154 valence electrons. The van der Waals surface area contributed by atoms with Crippen LogP contribution in [0.1, 0.15) is 29.0 Å². The molecule has 1 aliphatic rings. The van der Waals surface area contributed by atoms with Gasteiger partial charge >= 0.3 is 0 Å². The third-order valence-electron chi connectivity index (χ3n) is 5.20. The monoisotopic (exact) mass is 401 g/mol. The van der Waals surface area contributed by atoms with Crippen LogP contribution in [-0.4, -0.2) is 53.6 Å². The summed E-state index contributed by atoms with van der Waals surface area (Å²) in [5, 5.41) is 11.5. The van der Waals surface area contributed by atoms with Gasteiger partial charge in [-0.15, -0.1) is 10.2 Å². The highest BCUT2D eigenvalue weighted by Gasteiger charge is 2.21. The number of hydrogen-bond acceptors (Lipinski definition) is 7. The van der Waals surface area contributed by atoms with Gasteiger partial charge < -0.3 is 19.5 Å². The molecule has 1 unspecified atom stereocenters. The van der Waals surface area contributed by atoms with Crippen LogP contribution >= 0.6 is 0 Å². The van der Waals surface area contributed by atoms with E-state index in [1.54, 1.807) is 37.2 Å². The highest BCUT2D eigenvalue weighted by atomic mass is 19.1. The molecular formula is C20H24FN5O3. The Morgan fingerprint density at radius 3 is 3.03 bits per heavy atom. The van der Waals surface area contributed by atoms with Crippen LogP contribution in [0.15, 0.2) is 24.7 Å². The van der Waals surface area contributed by atoms with E-state index in [0.717, 1.165) is 23.3 Å². The summed E-state index contributed by atoms with van der Waals surface area (Å²) in [4.78, 5) is 4.55. The molecule has 1 N–H and O–H groups in total. The molecule has 3 heterocycles. The second-order valence-corrected chi connectivity index (χ2v) is 6.95. The van der Waals surface area contributed by atoms with E-state index in [-0.39, 0.29) is 11.7 Å². The zero-order chi connectivity index (χ0) is 20.2. The molecular weight excluding hydrogens is 377 g/mol. The van der Waals surface area contributed by atoms with Gasteiger partial charge in [-0.1, -0.05) is 0 Å². The Bertz CT molecular complexity index is 994. The van der Waals surface area contributed by atoms with Crippen molar-refractivity contribution in [3.05, 3.63) is 47.2 Å². The van der Waals surface area contributed by atoms with E-state index in [2.05, 4.69) is 20.5 Å². The number of hydrogen-bond donors (Lipinski definition) is 1. The first-order valence-corrected chi connectivity index (χ1v) is 9.56. The number of methoxy groups -OCH3 is 2. The van der Waals surface area contributed by atoms with Gasteiger partial charge in [0.25, 0.3) is 0 Å². The summed E-state index contributed by atoms with van der Waals surface area (Å²) in [6, 6.07) is 3.12. The van der Waals surface area contributed by atoms with Gasteiger partial charge in [-0.3, -0.25) is 4.40 Å². The lowest BCUT2D eigenvalue weighted by Crippen LogP contribution is -2.14. The molecule has 9 heteroatoms. The number of anilines is 1. The number of ether oxygens (including phenoxy) is 3. The van der Waals surface area contributed by atoms with Gasteiger partial charge in [0.2, 0.25) is 5.95 Å². The van der Waals surface area contributed by atoms with Crippen LogP contribution < -0.4 is 10.1 Å². The largest absolute Gasteiger partial charge is 0.493 e. The van der Waals surface area contributed by atoms with Crippen LogP contribution in [-0.2, 0) is 22.4 Å². The molecule has 1 atom stereocenters. The van der Waals surface area contributed by atoms with Crippen molar-refractivity contribution in [2.24, 2.45) is 0 Å². The average molecular weight is 401 g/mol. The summed E-state index contributed by atoms with van der Waals surface area (Å²) in [5.74, 6) is 1.13. The van der Waals surface area contributed by atoms with Crippen molar-refractivity contribution in [1.29, 1.82) is 0 Å². The van der Waals surface area contributed by atoms with Gasteiger partial charge in [-0.2, -0.15) is 0 Å². The zero-order valence-corrected chi connectivity index (χ0v) is 16.5. The predicted molar refractivity (Wildman–Crippen MR) is 105 cm³/mol. The molecule has 0 amide bonds. The minimum absolute atomic E-state index is 0.0835. The van der Waals surface area contributed by atoms with E-state index in [1.165, 1.54) is 6.07 Å². The van der Waals surface area contributed by atoms with Gasteiger partial charge in [0.1, 0.15) is 17.9 Å². The maximum absolute atomic E-state index is 14.4. The summed E-state index contributed by atoms with van der Waals surface area (Å²) < 4.78 is 32.3. The molecule has 0 saturated carbocycles. The van der Waals surface area contributed by atoms with E-state index in [4.69, 9.17) is 14.2 Å². The smallest absolute Gasteiger partial charge is 0.210 e. The van der Waals surface area contributed by atoms with Crippen molar-refractivity contribution in [2.45, 2.75) is 25.3 Å². The van der Waals surface area contributed by atoms with Crippen molar-refractivity contribution in [1.82, 2.24) is 19.6 Å². The number of rotatable bonds is 9. The third-order valence-corrected chi connectivity index (χ3v) is 5.20. The molecule has 2 aromatic heterocycles. The second kappa shape index (κ2) is 8.71. The number of benzene rings is 1. The van der Waals surface area contributed by atoms with E-state index in [0.29, 0.717) is 49.9 Å².